The van der Waals surface area contributed by atoms with Crippen LogP contribution in [0.1, 0.15) is 32.1 Å². The molecule has 0 spiro atoms. The Morgan fingerprint density at radius 3 is 2.57 bits per heavy atom. The molecule has 7 heteroatoms. The summed E-state index contributed by atoms with van der Waals surface area (Å²) in [6.45, 7) is 0. The van der Waals surface area contributed by atoms with E-state index in [1.54, 1.807) is 5.01 Å². The van der Waals surface area contributed by atoms with Crippen LogP contribution in [0.15, 0.2) is 24.3 Å². The Bertz CT molecular complexity index is 584. The number of hydrazine groups is 1. The predicted molar refractivity (Wildman–Crippen MR) is 91.1 cm³/mol. The molecule has 2 aromatic rings. The Hall–Kier alpha value is -0.880. The minimum absolute atomic E-state index is 0. The summed E-state index contributed by atoms with van der Waals surface area (Å²) in [7, 11) is 0. The maximum atomic E-state index is 6.21. The van der Waals surface area contributed by atoms with Gasteiger partial charge in [-0.15, -0.1) is 22.6 Å². The van der Waals surface area contributed by atoms with Gasteiger partial charge in [0.25, 0.3) is 0 Å². The number of nitrogens with zero attached hydrogens (tertiary/aromatic N) is 3. The Morgan fingerprint density at radius 1 is 1.14 bits per heavy atom. The van der Waals surface area contributed by atoms with Gasteiger partial charge in [0.2, 0.25) is 5.13 Å². The van der Waals surface area contributed by atoms with Crippen molar-refractivity contribution in [3.8, 4) is 10.6 Å². The lowest BCUT2D eigenvalue weighted by Gasteiger charge is -2.29. The zero-order valence-corrected chi connectivity index (χ0v) is 13.9. The lowest BCUT2D eigenvalue weighted by atomic mass is 9.95. The molecule has 4 nitrogen and oxygen atoms in total. The molecule has 0 atom stereocenters. The summed E-state index contributed by atoms with van der Waals surface area (Å²) in [6, 6.07) is 8.05. The molecule has 0 amide bonds. The lowest BCUT2D eigenvalue weighted by Crippen LogP contribution is -2.42. The van der Waals surface area contributed by atoms with E-state index in [2.05, 4.69) is 10.2 Å². The number of halogens is 2. The van der Waals surface area contributed by atoms with Gasteiger partial charge < -0.3 is 0 Å². The second kappa shape index (κ2) is 7.40. The standard InChI is InChI=1S/C14H17ClN4S.ClH/c15-12-9-5-4-8-11(12)13-17-18-14(20-13)19(16)10-6-2-1-3-7-10;/h4-5,8-10H,1-3,6-7,16H2;1H. The van der Waals surface area contributed by atoms with Crippen LogP contribution < -0.4 is 10.9 Å². The molecule has 1 aliphatic carbocycles. The summed E-state index contributed by atoms with van der Waals surface area (Å²) in [5.41, 5.74) is 0.912. The minimum atomic E-state index is 0. The van der Waals surface area contributed by atoms with Crippen molar-refractivity contribution < 1.29 is 0 Å². The molecular weight excluding hydrogens is 327 g/mol. The maximum Gasteiger partial charge on any atom is 0.222 e. The van der Waals surface area contributed by atoms with Crippen LogP contribution >= 0.6 is 35.3 Å². The first-order chi connectivity index (χ1) is 9.75. The Morgan fingerprint density at radius 2 is 1.86 bits per heavy atom. The van der Waals surface area contributed by atoms with E-state index < -0.39 is 0 Å². The topological polar surface area (TPSA) is 55.0 Å². The number of rotatable bonds is 3. The smallest absolute Gasteiger partial charge is 0.222 e. The largest absolute Gasteiger partial charge is 0.282 e. The number of hydrogen-bond donors (Lipinski definition) is 1. The third-order valence-electron chi connectivity index (χ3n) is 3.71. The molecule has 0 unspecified atom stereocenters. The highest BCUT2D eigenvalue weighted by molar-refractivity contribution is 7.18. The predicted octanol–water partition coefficient (Wildman–Crippen LogP) is 4.29. The highest BCUT2D eigenvalue weighted by Crippen LogP contribution is 2.34. The Labute approximate surface area is 139 Å². The molecule has 0 radical (unpaired) electrons. The van der Waals surface area contributed by atoms with Crippen molar-refractivity contribution in [2.75, 3.05) is 5.01 Å². The van der Waals surface area contributed by atoms with Crippen molar-refractivity contribution in [3.05, 3.63) is 29.3 Å². The van der Waals surface area contributed by atoms with Crippen molar-refractivity contribution in [2.45, 2.75) is 38.1 Å². The molecule has 1 aliphatic rings. The van der Waals surface area contributed by atoms with Gasteiger partial charge in [-0.2, -0.15) is 0 Å². The first kappa shape index (κ1) is 16.5. The third kappa shape index (κ3) is 3.66. The normalized spacial score (nSPS) is 15.5. The van der Waals surface area contributed by atoms with E-state index >= 15 is 0 Å². The quantitative estimate of drug-likeness (QED) is 0.666. The van der Waals surface area contributed by atoms with Crippen molar-refractivity contribution in [1.29, 1.82) is 0 Å². The summed E-state index contributed by atoms with van der Waals surface area (Å²) < 4.78 is 0. The van der Waals surface area contributed by atoms with E-state index in [-0.39, 0.29) is 12.4 Å². The molecule has 3 rings (SSSR count). The maximum absolute atomic E-state index is 6.21. The average molecular weight is 345 g/mol. The number of benzene rings is 1. The average Bonchev–Trinajstić information content (AvgIpc) is 2.97. The third-order valence-corrected chi connectivity index (χ3v) is 5.01. The monoisotopic (exact) mass is 344 g/mol. The molecule has 1 aromatic heterocycles. The fourth-order valence-electron chi connectivity index (χ4n) is 2.58. The highest BCUT2D eigenvalue weighted by atomic mass is 35.5. The van der Waals surface area contributed by atoms with E-state index in [9.17, 15) is 0 Å². The van der Waals surface area contributed by atoms with E-state index in [4.69, 9.17) is 17.4 Å². The number of hydrogen-bond acceptors (Lipinski definition) is 5. The first-order valence-corrected chi connectivity index (χ1v) is 8.07. The summed E-state index contributed by atoms with van der Waals surface area (Å²) in [5, 5.41) is 12.5. The van der Waals surface area contributed by atoms with Crippen LogP contribution in [0.4, 0.5) is 5.13 Å². The Kier molecular flexibility index (Phi) is 5.81. The molecule has 0 aliphatic heterocycles. The van der Waals surface area contributed by atoms with Gasteiger partial charge in [0.05, 0.1) is 5.02 Å². The molecular formula is C14H18Cl2N4S. The van der Waals surface area contributed by atoms with Gasteiger partial charge in [-0.05, 0) is 18.9 Å². The van der Waals surface area contributed by atoms with Gasteiger partial charge in [-0.3, -0.25) is 5.01 Å². The molecule has 21 heavy (non-hydrogen) atoms. The van der Waals surface area contributed by atoms with Crippen LogP contribution in [0.2, 0.25) is 5.02 Å². The van der Waals surface area contributed by atoms with Gasteiger partial charge in [0, 0.05) is 11.6 Å². The minimum Gasteiger partial charge on any atom is -0.282 e. The van der Waals surface area contributed by atoms with Gasteiger partial charge in [-0.1, -0.05) is 60.4 Å². The zero-order valence-electron chi connectivity index (χ0n) is 11.5. The number of aromatic nitrogens is 2. The fourth-order valence-corrected chi connectivity index (χ4v) is 3.74. The van der Waals surface area contributed by atoms with Gasteiger partial charge >= 0.3 is 0 Å². The molecule has 114 valence electrons. The molecule has 0 saturated heterocycles. The second-order valence-corrected chi connectivity index (χ2v) is 6.43. The van der Waals surface area contributed by atoms with E-state index in [0.717, 1.165) is 28.5 Å². The molecule has 1 saturated carbocycles. The van der Waals surface area contributed by atoms with Crippen LogP contribution in [-0.2, 0) is 0 Å². The zero-order chi connectivity index (χ0) is 13.9. The number of nitrogens with two attached hydrogens (primary N) is 1. The first-order valence-electron chi connectivity index (χ1n) is 6.88. The van der Waals surface area contributed by atoms with E-state index in [1.165, 1.54) is 30.6 Å². The highest BCUT2D eigenvalue weighted by Gasteiger charge is 2.22. The van der Waals surface area contributed by atoms with Crippen molar-refractivity contribution in [2.24, 2.45) is 5.84 Å². The van der Waals surface area contributed by atoms with Crippen LogP contribution in [-0.4, -0.2) is 16.2 Å². The summed E-state index contributed by atoms with van der Waals surface area (Å²) >= 11 is 7.69. The van der Waals surface area contributed by atoms with Crippen molar-refractivity contribution in [1.82, 2.24) is 10.2 Å². The van der Waals surface area contributed by atoms with Crippen LogP contribution in [0.25, 0.3) is 10.6 Å². The molecule has 2 N–H and O–H groups in total. The second-order valence-electron chi connectivity index (χ2n) is 5.07. The van der Waals surface area contributed by atoms with Gasteiger partial charge in [-0.25, -0.2) is 5.84 Å². The van der Waals surface area contributed by atoms with Crippen LogP contribution in [0.5, 0.6) is 0 Å². The van der Waals surface area contributed by atoms with E-state index in [1.807, 2.05) is 24.3 Å². The van der Waals surface area contributed by atoms with Crippen molar-refractivity contribution >= 4 is 40.5 Å². The summed E-state index contributed by atoms with van der Waals surface area (Å²) in [5.74, 6) is 6.21. The van der Waals surface area contributed by atoms with Crippen LogP contribution in [0, 0.1) is 0 Å². The van der Waals surface area contributed by atoms with Gasteiger partial charge in [0.1, 0.15) is 0 Å². The van der Waals surface area contributed by atoms with Crippen LogP contribution in [0.3, 0.4) is 0 Å². The molecule has 1 aromatic carbocycles. The molecule has 1 heterocycles. The fraction of sp³-hybridized carbons (Fsp3) is 0.429. The van der Waals surface area contributed by atoms with E-state index in [0.29, 0.717) is 11.1 Å². The molecule has 1 fully saturated rings. The SMILES string of the molecule is Cl.NN(c1nnc(-c2ccccc2Cl)s1)C1CCCCC1. The number of anilines is 1. The van der Waals surface area contributed by atoms with Gasteiger partial charge in [0.15, 0.2) is 5.01 Å². The molecule has 0 bridgehead atoms. The Balaban J connectivity index is 0.00000161. The van der Waals surface area contributed by atoms with Crippen molar-refractivity contribution in [3.63, 3.8) is 0 Å². The lowest BCUT2D eigenvalue weighted by molar-refractivity contribution is 0.417. The summed E-state index contributed by atoms with van der Waals surface area (Å²) in [6.07, 6.45) is 6.07. The summed E-state index contributed by atoms with van der Waals surface area (Å²) in [4.78, 5) is 0.